The predicted octanol–water partition coefficient (Wildman–Crippen LogP) is 3.16. The van der Waals surface area contributed by atoms with Crippen molar-refractivity contribution in [2.24, 2.45) is 0 Å². The molecule has 2 aliphatic rings. The van der Waals surface area contributed by atoms with Gasteiger partial charge < -0.3 is 4.90 Å². The van der Waals surface area contributed by atoms with Gasteiger partial charge in [0, 0.05) is 22.1 Å². The molecule has 1 N–H and O–H groups in total. The maximum Gasteiger partial charge on any atom is 0.244 e. The van der Waals surface area contributed by atoms with Gasteiger partial charge in [0.2, 0.25) is 5.91 Å². The minimum Gasteiger partial charge on any atom is -0.320 e. The monoisotopic (exact) mass is 310 g/mol. The van der Waals surface area contributed by atoms with Crippen LogP contribution >= 0.6 is 23.1 Å². The van der Waals surface area contributed by atoms with Gasteiger partial charge in [-0.1, -0.05) is 12.8 Å². The van der Waals surface area contributed by atoms with Crippen LogP contribution in [0.1, 0.15) is 41.6 Å². The van der Waals surface area contributed by atoms with E-state index in [2.05, 4.69) is 35.5 Å². The highest BCUT2D eigenvalue weighted by atomic mass is 32.2. The van der Waals surface area contributed by atoms with Gasteiger partial charge in [-0.05, 0) is 38.2 Å². The Bertz CT molecular complexity index is 494. The van der Waals surface area contributed by atoms with Crippen molar-refractivity contribution in [2.45, 2.75) is 44.3 Å². The molecular formula is C15H22N2OS2. The zero-order chi connectivity index (χ0) is 14.2. The third kappa shape index (κ3) is 2.40. The Morgan fingerprint density at radius 2 is 2.20 bits per heavy atom. The molecule has 2 fully saturated rings. The molecule has 0 aromatic carbocycles. The number of thiophene rings is 1. The van der Waals surface area contributed by atoms with E-state index in [0.29, 0.717) is 5.91 Å². The molecule has 1 aliphatic carbocycles. The molecule has 20 heavy (non-hydrogen) atoms. The molecule has 1 saturated carbocycles. The summed E-state index contributed by atoms with van der Waals surface area (Å²) in [5.74, 6) is 1.34. The van der Waals surface area contributed by atoms with Crippen molar-refractivity contribution in [3.05, 3.63) is 21.9 Å². The second kappa shape index (κ2) is 5.70. The summed E-state index contributed by atoms with van der Waals surface area (Å²) >= 11 is 3.61. The summed E-state index contributed by atoms with van der Waals surface area (Å²) in [5, 5.41) is 3.68. The third-order valence-electron chi connectivity index (χ3n) is 4.42. The van der Waals surface area contributed by atoms with Gasteiger partial charge in [-0.15, -0.1) is 11.3 Å². The predicted molar refractivity (Wildman–Crippen MR) is 86.2 cm³/mol. The highest BCUT2D eigenvalue weighted by molar-refractivity contribution is 7.98. The molecule has 1 saturated heterocycles. The average molecular weight is 310 g/mol. The molecule has 2 heterocycles. The van der Waals surface area contributed by atoms with Crippen LogP contribution in [0.25, 0.3) is 0 Å². The fourth-order valence-corrected chi connectivity index (χ4v) is 4.70. The molecule has 1 aromatic heterocycles. The number of carbonyl (C=O) groups excluding carboxylic acids is 1. The van der Waals surface area contributed by atoms with E-state index < -0.39 is 0 Å². The van der Waals surface area contributed by atoms with Crippen LogP contribution in [0.3, 0.4) is 0 Å². The van der Waals surface area contributed by atoms with Gasteiger partial charge in [0.05, 0.1) is 5.54 Å². The van der Waals surface area contributed by atoms with E-state index in [9.17, 15) is 4.79 Å². The molecular weight excluding hydrogens is 288 g/mol. The molecule has 3 rings (SSSR count). The van der Waals surface area contributed by atoms with E-state index in [1.165, 1.54) is 22.6 Å². The minimum absolute atomic E-state index is 0.0893. The Morgan fingerprint density at radius 1 is 1.45 bits per heavy atom. The summed E-state index contributed by atoms with van der Waals surface area (Å²) in [6.07, 6.45) is 6.54. The summed E-state index contributed by atoms with van der Waals surface area (Å²) < 4.78 is 0. The molecule has 0 bridgehead atoms. The highest BCUT2D eigenvalue weighted by Gasteiger charge is 2.52. The number of aryl methyl sites for hydroxylation is 1. The Labute approximate surface area is 129 Å². The standard InChI is InChI=1S/C15H22N2OS2/c1-11-5-6-12(20-11)13-16-15(7-3-4-8-15)14(18)17(13)9-10-19-2/h5-6,13,16H,3-4,7-10H2,1-2H3. The summed E-state index contributed by atoms with van der Waals surface area (Å²) in [7, 11) is 0. The first kappa shape index (κ1) is 14.4. The zero-order valence-corrected chi connectivity index (χ0v) is 13.8. The average Bonchev–Trinajstić information content (AvgIpc) is 3.12. The van der Waals surface area contributed by atoms with Crippen molar-refractivity contribution in [1.29, 1.82) is 0 Å². The first-order valence-corrected chi connectivity index (χ1v) is 9.51. The van der Waals surface area contributed by atoms with Gasteiger partial charge in [0.15, 0.2) is 0 Å². The van der Waals surface area contributed by atoms with Crippen LogP contribution in [0.5, 0.6) is 0 Å². The lowest BCUT2D eigenvalue weighted by Crippen LogP contribution is -2.44. The van der Waals surface area contributed by atoms with E-state index in [1.54, 1.807) is 23.1 Å². The van der Waals surface area contributed by atoms with Crippen LogP contribution in [0.15, 0.2) is 12.1 Å². The fraction of sp³-hybridized carbons (Fsp3) is 0.667. The molecule has 3 nitrogen and oxygen atoms in total. The van der Waals surface area contributed by atoms with Crippen molar-refractivity contribution >= 4 is 29.0 Å². The lowest BCUT2D eigenvalue weighted by atomic mass is 9.98. The molecule has 0 radical (unpaired) electrons. The van der Waals surface area contributed by atoms with E-state index in [0.717, 1.165) is 25.1 Å². The second-order valence-electron chi connectivity index (χ2n) is 5.78. The van der Waals surface area contributed by atoms with E-state index in [-0.39, 0.29) is 11.7 Å². The Balaban J connectivity index is 1.88. The first-order chi connectivity index (χ1) is 9.66. The van der Waals surface area contributed by atoms with Gasteiger partial charge in [-0.2, -0.15) is 11.8 Å². The SMILES string of the molecule is CSCCN1C(=O)C2(CCCC2)NC1c1ccc(C)s1. The van der Waals surface area contributed by atoms with Crippen LogP contribution in [0, 0.1) is 6.92 Å². The number of nitrogens with one attached hydrogen (secondary N) is 1. The molecule has 1 spiro atoms. The second-order valence-corrected chi connectivity index (χ2v) is 8.08. The number of rotatable bonds is 4. The van der Waals surface area contributed by atoms with Gasteiger partial charge in [-0.3, -0.25) is 10.1 Å². The van der Waals surface area contributed by atoms with Gasteiger partial charge in [0.25, 0.3) is 0 Å². The summed E-state index contributed by atoms with van der Waals surface area (Å²) in [4.78, 5) is 17.6. The Morgan fingerprint density at radius 3 is 2.80 bits per heavy atom. The van der Waals surface area contributed by atoms with Crippen molar-refractivity contribution in [2.75, 3.05) is 18.6 Å². The summed E-state index contributed by atoms with van der Waals surface area (Å²) in [6.45, 7) is 2.97. The number of hydrogen-bond acceptors (Lipinski definition) is 4. The quantitative estimate of drug-likeness (QED) is 0.927. The zero-order valence-electron chi connectivity index (χ0n) is 12.1. The number of thioether (sulfide) groups is 1. The molecule has 110 valence electrons. The topological polar surface area (TPSA) is 32.3 Å². The van der Waals surface area contributed by atoms with Crippen LogP contribution in [-0.2, 0) is 4.79 Å². The van der Waals surface area contributed by atoms with Gasteiger partial charge in [-0.25, -0.2) is 0 Å². The van der Waals surface area contributed by atoms with Crippen LogP contribution in [-0.4, -0.2) is 34.9 Å². The van der Waals surface area contributed by atoms with Gasteiger partial charge >= 0.3 is 0 Å². The molecule has 1 aliphatic heterocycles. The Hall–Kier alpha value is -0.520. The smallest absolute Gasteiger partial charge is 0.244 e. The highest BCUT2D eigenvalue weighted by Crippen LogP contribution is 2.42. The maximum absolute atomic E-state index is 12.9. The van der Waals surface area contributed by atoms with E-state index in [1.807, 2.05) is 0 Å². The molecule has 5 heteroatoms. The first-order valence-electron chi connectivity index (χ1n) is 7.30. The summed E-state index contributed by atoms with van der Waals surface area (Å²) in [6, 6.07) is 4.32. The lowest BCUT2D eigenvalue weighted by molar-refractivity contribution is -0.132. The Kier molecular flexibility index (Phi) is 4.11. The van der Waals surface area contributed by atoms with Crippen molar-refractivity contribution in [3.8, 4) is 0 Å². The van der Waals surface area contributed by atoms with Crippen molar-refractivity contribution < 1.29 is 4.79 Å². The van der Waals surface area contributed by atoms with Crippen LogP contribution in [0.4, 0.5) is 0 Å². The third-order valence-corrected chi connectivity index (χ3v) is 6.06. The fourth-order valence-electron chi connectivity index (χ4n) is 3.38. The molecule has 1 amide bonds. The van der Waals surface area contributed by atoms with Crippen LogP contribution in [0.2, 0.25) is 0 Å². The number of amides is 1. The number of hydrogen-bond donors (Lipinski definition) is 1. The number of nitrogens with zero attached hydrogens (tertiary/aromatic N) is 1. The van der Waals surface area contributed by atoms with E-state index >= 15 is 0 Å². The summed E-state index contributed by atoms with van der Waals surface area (Å²) in [5.41, 5.74) is -0.263. The normalized spacial score (nSPS) is 25.0. The molecule has 1 unspecified atom stereocenters. The molecule has 1 aromatic rings. The maximum atomic E-state index is 12.9. The minimum atomic E-state index is -0.263. The van der Waals surface area contributed by atoms with Crippen LogP contribution < -0.4 is 5.32 Å². The van der Waals surface area contributed by atoms with Gasteiger partial charge in [0.1, 0.15) is 6.17 Å². The van der Waals surface area contributed by atoms with E-state index in [4.69, 9.17) is 0 Å². The van der Waals surface area contributed by atoms with Crippen molar-refractivity contribution in [3.63, 3.8) is 0 Å². The largest absolute Gasteiger partial charge is 0.320 e. The molecule has 1 atom stereocenters. The number of carbonyl (C=O) groups is 1. The lowest BCUT2D eigenvalue weighted by Gasteiger charge is -2.23. The van der Waals surface area contributed by atoms with Crippen molar-refractivity contribution in [1.82, 2.24) is 10.2 Å².